The Morgan fingerprint density at radius 3 is 2.45 bits per heavy atom. The summed E-state index contributed by atoms with van der Waals surface area (Å²) in [4.78, 5) is 13.8. The number of rotatable bonds is 7. The molecule has 0 heterocycles. The van der Waals surface area contributed by atoms with Gasteiger partial charge in [0, 0.05) is 39.0 Å². The summed E-state index contributed by atoms with van der Waals surface area (Å²) in [7, 11) is 3.99. The molecule has 1 unspecified atom stereocenters. The highest BCUT2D eigenvalue weighted by molar-refractivity contribution is 5.74. The Morgan fingerprint density at radius 2 is 1.95 bits per heavy atom. The molecule has 20 heavy (non-hydrogen) atoms. The molecule has 1 aromatic carbocycles. The number of benzene rings is 1. The quantitative estimate of drug-likeness (QED) is 0.712. The predicted octanol–water partition coefficient (Wildman–Crippen LogP) is 1.71. The lowest BCUT2D eigenvalue weighted by atomic mass is 10.1. The summed E-state index contributed by atoms with van der Waals surface area (Å²) in [6, 6.07) is 7.88. The lowest BCUT2D eigenvalue weighted by molar-refractivity contribution is 0.227. The van der Waals surface area contributed by atoms with E-state index in [2.05, 4.69) is 10.6 Å². The van der Waals surface area contributed by atoms with Crippen molar-refractivity contribution in [2.24, 2.45) is 0 Å². The standard InChI is InChI=1S/C15H25N3O2/c1-4-13(9-10-19)17-15(20)16-11-12-5-7-14(8-6-12)18(2)3/h5-8,13,19H,4,9-11H2,1-3H3,(H2,16,17,20). The maximum Gasteiger partial charge on any atom is 0.315 e. The van der Waals surface area contributed by atoms with Gasteiger partial charge >= 0.3 is 6.03 Å². The number of hydrogen-bond donors (Lipinski definition) is 3. The molecule has 0 saturated heterocycles. The average Bonchev–Trinajstić information content (AvgIpc) is 2.45. The van der Waals surface area contributed by atoms with Crippen molar-refractivity contribution in [3.8, 4) is 0 Å². The van der Waals surface area contributed by atoms with E-state index in [9.17, 15) is 4.79 Å². The van der Waals surface area contributed by atoms with E-state index in [-0.39, 0.29) is 18.7 Å². The topological polar surface area (TPSA) is 64.6 Å². The minimum Gasteiger partial charge on any atom is -0.396 e. The van der Waals surface area contributed by atoms with Gasteiger partial charge in [-0.05, 0) is 30.5 Å². The zero-order valence-corrected chi connectivity index (χ0v) is 12.5. The third-order valence-electron chi connectivity index (χ3n) is 3.21. The molecule has 0 aliphatic rings. The van der Waals surface area contributed by atoms with E-state index in [1.807, 2.05) is 50.2 Å². The number of anilines is 1. The summed E-state index contributed by atoms with van der Waals surface area (Å²) in [5.74, 6) is 0. The van der Waals surface area contributed by atoms with E-state index >= 15 is 0 Å². The van der Waals surface area contributed by atoms with Crippen LogP contribution < -0.4 is 15.5 Å². The molecule has 112 valence electrons. The first kappa shape index (κ1) is 16.3. The lowest BCUT2D eigenvalue weighted by Crippen LogP contribution is -2.41. The van der Waals surface area contributed by atoms with E-state index < -0.39 is 0 Å². The average molecular weight is 279 g/mol. The molecule has 0 fully saturated rings. The van der Waals surface area contributed by atoms with Crippen LogP contribution >= 0.6 is 0 Å². The minimum absolute atomic E-state index is 0.0242. The van der Waals surface area contributed by atoms with Crippen molar-refractivity contribution >= 4 is 11.7 Å². The van der Waals surface area contributed by atoms with Crippen LogP contribution in [0, 0.1) is 0 Å². The molecule has 0 saturated carbocycles. The number of hydrogen-bond acceptors (Lipinski definition) is 3. The van der Waals surface area contributed by atoms with Gasteiger partial charge in [0.15, 0.2) is 0 Å². The van der Waals surface area contributed by atoms with Gasteiger partial charge < -0.3 is 20.6 Å². The highest BCUT2D eigenvalue weighted by Crippen LogP contribution is 2.11. The third-order valence-corrected chi connectivity index (χ3v) is 3.21. The molecule has 5 nitrogen and oxygen atoms in total. The van der Waals surface area contributed by atoms with Crippen LogP contribution in [0.15, 0.2) is 24.3 Å². The van der Waals surface area contributed by atoms with Gasteiger partial charge in [0.05, 0.1) is 0 Å². The molecule has 5 heteroatoms. The van der Waals surface area contributed by atoms with Gasteiger partial charge in [-0.2, -0.15) is 0 Å². The summed E-state index contributed by atoms with van der Waals surface area (Å²) in [5.41, 5.74) is 2.19. The number of urea groups is 1. The van der Waals surface area contributed by atoms with Crippen molar-refractivity contribution in [1.29, 1.82) is 0 Å². The van der Waals surface area contributed by atoms with Gasteiger partial charge in [-0.1, -0.05) is 19.1 Å². The largest absolute Gasteiger partial charge is 0.396 e. The smallest absolute Gasteiger partial charge is 0.315 e. The molecule has 1 rings (SSSR count). The Labute approximate surface area is 121 Å². The van der Waals surface area contributed by atoms with Crippen molar-refractivity contribution in [2.75, 3.05) is 25.6 Å². The summed E-state index contributed by atoms with van der Waals surface area (Å²) >= 11 is 0. The van der Waals surface area contributed by atoms with Crippen molar-refractivity contribution in [3.63, 3.8) is 0 Å². The van der Waals surface area contributed by atoms with Crippen LogP contribution in [-0.2, 0) is 6.54 Å². The maximum absolute atomic E-state index is 11.7. The van der Waals surface area contributed by atoms with Crippen LogP contribution in [0.5, 0.6) is 0 Å². The lowest BCUT2D eigenvalue weighted by Gasteiger charge is -2.16. The number of amides is 2. The second-order valence-electron chi connectivity index (χ2n) is 5.01. The fourth-order valence-electron chi connectivity index (χ4n) is 1.86. The monoisotopic (exact) mass is 279 g/mol. The first-order valence-corrected chi connectivity index (χ1v) is 6.98. The minimum atomic E-state index is -0.193. The molecular weight excluding hydrogens is 254 g/mol. The van der Waals surface area contributed by atoms with Crippen LogP contribution in [-0.4, -0.2) is 37.9 Å². The Hall–Kier alpha value is -1.75. The summed E-state index contributed by atoms with van der Waals surface area (Å²) in [6.07, 6.45) is 1.40. The first-order valence-electron chi connectivity index (χ1n) is 6.98. The van der Waals surface area contributed by atoms with Crippen LogP contribution in [0.2, 0.25) is 0 Å². The highest BCUT2D eigenvalue weighted by atomic mass is 16.3. The molecule has 0 spiro atoms. The number of carbonyl (C=O) groups is 1. The number of aliphatic hydroxyl groups is 1. The molecule has 1 atom stereocenters. The number of nitrogens with one attached hydrogen (secondary N) is 2. The molecule has 1 aromatic rings. The van der Waals surface area contributed by atoms with Gasteiger partial charge in [0.25, 0.3) is 0 Å². The SMILES string of the molecule is CCC(CCO)NC(=O)NCc1ccc(N(C)C)cc1. The van der Waals surface area contributed by atoms with E-state index in [0.29, 0.717) is 13.0 Å². The Kier molecular flexibility index (Phi) is 6.87. The molecule has 0 radical (unpaired) electrons. The second kappa shape index (κ2) is 8.43. The van der Waals surface area contributed by atoms with Crippen LogP contribution in [0.1, 0.15) is 25.3 Å². The molecule has 2 amide bonds. The Bertz CT molecular complexity index is 404. The van der Waals surface area contributed by atoms with Gasteiger partial charge in [-0.25, -0.2) is 4.79 Å². The van der Waals surface area contributed by atoms with Crippen LogP contribution in [0.25, 0.3) is 0 Å². The van der Waals surface area contributed by atoms with E-state index in [1.165, 1.54) is 0 Å². The summed E-state index contributed by atoms with van der Waals surface area (Å²) in [6.45, 7) is 2.57. The highest BCUT2D eigenvalue weighted by Gasteiger charge is 2.09. The number of nitrogens with zero attached hydrogens (tertiary/aromatic N) is 1. The molecule has 3 N–H and O–H groups in total. The molecule has 0 aliphatic heterocycles. The first-order chi connectivity index (χ1) is 9.56. The number of carbonyl (C=O) groups excluding carboxylic acids is 1. The second-order valence-corrected chi connectivity index (χ2v) is 5.01. The third kappa shape index (κ3) is 5.48. The van der Waals surface area contributed by atoms with E-state index in [1.54, 1.807) is 0 Å². The Balaban J connectivity index is 2.40. The molecule has 0 bridgehead atoms. The number of aliphatic hydroxyl groups excluding tert-OH is 1. The van der Waals surface area contributed by atoms with Gasteiger partial charge in [0.1, 0.15) is 0 Å². The Morgan fingerprint density at radius 1 is 1.30 bits per heavy atom. The zero-order chi connectivity index (χ0) is 15.0. The van der Waals surface area contributed by atoms with E-state index in [4.69, 9.17) is 5.11 Å². The van der Waals surface area contributed by atoms with Crippen molar-refractivity contribution in [2.45, 2.75) is 32.4 Å². The van der Waals surface area contributed by atoms with Crippen molar-refractivity contribution in [3.05, 3.63) is 29.8 Å². The zero-order valence-electron chi connectivity index (χ0n) is 12.5. The van der Waals surface area contributed by atoms with Crippen molar-refractivity contribution in [1.82, 2.24) is 10.6 Å². The fraction of sp³-hybridized carbons (Fsp3) is 0.533. The van der Waals surface area contributed by atoms with Gasteiger partial charge in [0.2, 0.25) is 0 Å². The molecule has 0 aromatic heterocycles. The van der Waals surface area contributed by atoms with Crippen LogP contribution in [0.3, 0.4) is 0 Å². The maximum atomic E-state index is 11.7. The van der Waals surface area contributed by atoms with Crippen LogP contribution in [0.4, 0.5) is 10.5 Å². The fourth-order valence-corrected chi connectivity index (χ4v) is 1.86. The predicted molar refractivity (Wildman–Crippen MR) is 81.9 cm³/mol. The normalized spacial score (nSPS) is 11.8. The summed E-state index contributed by atoms with van der Waals surface area (Å²) in [5, 5.41) is 14.6. The van der Waals surface area contributed by atoms with Gasteiger partial charge in [-0.3, -0.25) is 0 Å². The van der Waals surface area contributed by atoms with Crippen molar-refractivity contribution < 1.29 is 9.90 Å². The van der Waals surface area contributed by atoms with E-state index in [0.717, 1.165) is 17.7 Å². The molecule has 0 aliphatic carbocycles. The molecular formula is C15H25N3O2. The van der Waals surface area contributed by atoms with Gasteiger partial charge in [-0.15, -0.1) is 0 Å². The summed E-state index contributed by atoms with van der Waals surface area (Å²) < 4.78 is 0.